The van der Waals surface area contributed by atoms with Gasteiger partial charge in [-0.25, -0.2) is 0 Å². The number of Topliss-reactive ketones (excluding diaryl/α,β-unsaturated/α-hetero) is 1. The smallest absolute Gasteiger partial charge is 0.316 e. The van der Waals surface area contributed by atoms with E-state index in [0.29, 0.717) is 13.0 Å². The van der Waals surface area contributed by atoms with Crippen molar-refractivity contribution in [1.29, 1.82) is 0 Å². The number of hydrogen-bond acceptors (Lipinski definition) is 4. The first-order valence-electron chi connectivity index (χ1n) is 6.02. The molecule has 0 aliphatic heterocycles. The Kier molecular flexibility index (Phi) is 6.39. The first-order valence-corrected chi connectivity index (χ1v) is 6.02. The number of ketones is 1. The van der Waals surface area contributed by atoms with Gasteiger partial charge in [0, 0.05) is 6.61 Å². The van der Waals surface area contributed by atoms with Gasteiger partial charge < -0.3 is 9.47 Å². The van der Waals surface area contributed by atoms with Crippen LogP contribution in [0, 0.1) is 11.3 Å². The largest absolute Gasteiger partial charge is 0.468 e. The Bertz CT molecular complexity index is 265. The van der Waals surface area contributed by atoms with E-state index in [1.807, 2.05) is 27.7 Å². The van der Waals surface area contributed by atoms with Gasteiger partial charge in [0.05, 0.1) is 7.11 Å². The Morgan fingerprint density at radius 3 is 2.00 bits per heavy atom. The summed E-state index contributed by atoms with van der Waals surface area (Å²) in [6.07, 6.45) is -0.137. The van der Waals surface area contributed by atoms with Gasteiger partial charge in [-0.1, -0.05) is 27.7 Å². The molecule has 17 heavy (non-hydrogen) atoms. The molecule has 0 fully saturated rings. The monoisotopic (exact) mass is 244 g/mol. The van der Waals surface area contributed by atoms with Gasteiger partial charge in [0.15, 0.2) is 5.78 Å². The zero-order valence-corrected chi connectivity index (χ0v) is 11.7. The van der Waals surface area contributed by atoms with Gasteiger partial charge in [-0.05, 0) is 18.8 Å². The molecule has 0 heterocycles. The predicted octanol–water partition coefficient (Wildman–Crippen LogP) is 2.21. The number of ether oxygens (including phenoxy) is 2. The second-order valence-electron chi connectivity index (χ2n) is 5.09. The van der Waals surface area contributed by atoms with Crippen molar-refractivity contribution in [2.24, 2.45) is 11.3 Å². The van der Waals surface area contributed by atoms with Crippen molar-refractivity contribution in [3.8, 4) is 0 Å². The lowest BCUT2D eigenvalue weighted by atomic mass is 9.81. The molecule has 100 valence electrons. The Morgan fingerprint density at radius 2 is 1.71 bits per heavy atom. The zero-order valence-electron chi connectivity index (χ0n) is 11.7. The average Bonchev–Trinajstić information content (AvgIpc) is 2.24. The van der Waals surface area contributed by atoms with Gasteiger partial charge in [0.1, 0.15) is 12.0 Å². The summed E-state index contributed by atoms with van der Waals surface area (Å²) >= 11 is 0. The molecule has 0 saturated carbocycles. The molecule has 4 nitrogen and oxygen atoms in total. The van der Waals surface area contributed by atoms with Crippen molar-refractivity contribution >= 4 is 11.8 Å². The van der Waals surface area contributed by atoms with E-state index in [-0.39, 0.29) is 11.2 Å². The van der Waals surface area contributed by atoms with Crippen LogP contribution in [0.5, 0.6) is 0 Å². The Morgan fingerprint density at radius 1 is 1.18 bits per heavy atom. The molecular weight excluding hydrogens is 220 g/mol. The van der Waals surface area contributed by atoms with E-state index in [0.717, 1.165) is 0 Å². The van der Waals surface area contributed by atoms with E-state index < -0.39 is 18.0 Å². The maximum absolute atomic E-state index is 12.3. The number of rotatable bonds is 6. The Balaban J connectivity index is 4.99. The molecule has 0 rings (SSSR count). The minimum absolute atomic E-state index is 0.186. The quantitative estimate of drug-likeness (QED) is 0.531. The molecule has 0 aromatic heterocycles. The summed E-state index contributed by atoms with van der Waals surface area (Å²) in [5.41, 5.74) is -0.325. The molecule has 0 spiro atoms. The first kappa shape index (κ1) is 16.1. The van der Waals surface area contributed by atoms with Crippen LogP contribution in [0.15, 0.2) is 0 Å². The molecule has 2 unspecified atom stereocenters. The minimum atomic E-state index is -0.726. The molecule has 0 aliphatic rings. The molecule has 0 bridgehead atoms. The van der Waals surface area contributed by atoms with Crippen LogP contribution in [0.2, 0.25) is 0 Å². The fourth-order valence-electron chi connectivity index (χ4n) is 1.73. The second kappa shape index (κ2) is 6.74. The lowest BCUT2D eigenvalue weighted by Gasteiger charge is -2.31. The summed E-state index contributed by atoms with van der Waals surface area (Å²) in [7, 11) is 1.30. The highest BCUT2D eigenvalue weighted by molar-refractivity contribution is 6.01. The first-order chi connectivity index (χ1) is 7.79. The average molecular weight is 244 g/mol. The highest BCUT2D eigenvalue weighted by Gasteiger charge is 2.38. The second-order valence-corrected chi connectivity index (χ2v) is 5.09. The highest BCUT2D eigenvalue weighted by Crippen LogP contribution is 2.26. The van der Waals surface area contributed by atoms with Crippen molar-refractivity contribution in [2.75, 3.05) is 13.7 Å². The molecule has 4 heteroatoms. The lowest BCUT2D eigenvalue weighted by molar-refractivity contribution is -0.156. The third-order valence-corrected chi connectivity index (χ3v) is 2.62. The molecular formula is C13H24O4. The third-order valence-electron chi connectivity index (χ3n) is 2.62. The molecule has 0 radical (unpaired) electrons. The van der Waals surface area contributed by atoms with E-state index in [4.69, 9.17) is 4.74 Å². The van der Waals surface area contributed by atoms with Crippen LogP contribution in [0.4, 0.5) is 0 Å². The van der Waals surface area contributed by atoms with Crippen molar-refractivity contribution < 1.29 is 19.1 Å². The van der Waals surface area contributed by atoms with E-state index >= 15 is 0 Å². The van der Waals surface area contributed by atoms with Crippen molar-refractivity contribution in [3.63, 3.8) is 0 Å². The molecule has 0 aromatic carbocycles. The molecule has 0 saturated heterocycles. The zero-order chi connectivity index (χ0) is 13.6. The summed E-state index contributed by atoms with van der Waals surface area (Å²) in [6.45, 7) is 9.86. The topological polar surface area (TPSA) is 52.6 Å². The normalized spacial score (nSPS) is 15.2. The van der Waals surface area contributed by atoms with Crippen LogP contribution in [0.3, 0.4) is 0 Å². The number of esters is 1. The van der Waals surface area contributed by atoms with Gasteiger partial charge in [0.25, 0.3) is 0 Å². The molecule has 0 aliphatic carbocycles. The van der Waals surface area contributed by atoms with Crippen LogP contribution in [0.25, 0.3) is 0 Å². The van der Waals surface area contributed by atoms with E-state index in [9.17, 15) is 9.59 Å². The number of carbonyl (C=O) groups excluding carboxylic acids is 2. The number of carbonyl (C=O) groups is 2. The van der Waals surface area contributed by atoms with E-state index in [1.165, 1.54) is 7.11 Å². The maximum Gasteiger partial charge on any atom is 0.316 e. The van der Waals surface area contributed by atoms with Crippen molar-refractivity contribution in [2.45, 2.75) is 47.1 Å². The molecule has 0 N–H and O–H groups in total. The van der Waals surface area contributed by atoms with E-state index in [2.05, 4.69) is 4.74 Å². The molecule has 0 amide bonds. The number of methoxy groups -OCH3 is 1. The highest BCUT2D eigenvalue weighted by atomic mass is 16.5. The SMILES string of the molecule is CCOC(C(=O)C(CC)C(=O)OC)C(C)(C)C. The summed E-state index contributed by atoms with van der Waals surface area (Å²) in [6, 6.07) is 0. The predicted molar refractivity (Wildman–Crippen MR) is 65.7 cm³/mol. The van der Waals surface area contributed by atoms with Gasteiger partial charge in [0.2, 0.25) is 0 Å². The van der Waals surface area contributed by atoms with Gasteiger partial charge in [-0.3, -0.25) is 9.59 Å². The summed E-state index contributed by atoms with van der Waals surface area (Å²) in [5.74, 6) is -1.39. The maximum atomic E-state index is 12.3. The fraction of sp³-hybridized carbons (Fsp3) is 0.846. The van der Waals surface area contributed by atoms with Crippen LogP contribution in [-0.4, -0.2) is 31.6 Å². The summed E-state index contributed by atoms with van der Waals surface area (Å²) in [4.78, 5) is 23.8. The Labute approximate surface area is 104 Å². The summed E-state index contributed by atoms with van der Waals surface area (Å²) < 4.78 is 10.1. The molecule has 2 atom stereocenters. The fourth-order valence-corrected chi connectivity index (χ4v) is 1.73. The Hall–Kier alpha value is -0.900. The van der Waals surface area contributed by atoms with Gasteiger partial charge in [-0.2, -0.15) is 0 Å². The van der Waals surface area contributed by atoms with Crippen molar-refractivity contribution in [3.05, 3.63) is 0 Å². The van der Waals surface area contributed by atoms with Gasteiger partial charge >= 0.3 is 5.97 Å². The van der Waals surface area contributed by atoms with Crippen LogP contribution >= 0.6 is 0 Å². The van der Waals surface area contributed by atoms with Crippen LogP contribution < -0.4 is 0 Å². The number of hydrogen-bond donors (Lipinski definition) is 0. The van der Waals surface area contributed by atoms with E-state index in [1.54, 1.807) is 6.92 Å². The van der Waals surface area contributed by atoms with Gasteiger partial charge in [-0.15, -0.1) is 0 Å². The third kappa shape index (κ3) is 4.46. The van der Waals surface area contributed by atoms with Crippen LogP contribution in [0.1, 0.15) is 41.0 Å². The summed E-state index contributed by atoms with van der Waals surface area (Å²) in [5, 5.41) is 0. The molecule has 0 aromatic rings. The standard InChI is InChI=1S/C13H24O4/c1-7-9(12(15)16-6)10(14)11(17-8-2)13(3,4)5/h9,11H,7-8H2,1-6H3. The van der Waals surface area contributed by atoms with Crippen LogP contribution in [-0.2, 0) is 19.1 Å². The minimum Gasteiger partial charge on any atom is -0.468 e. The lowest BCUT2D eigenvalue weighted by Crippen LogP contribution is -2.43. The van der Waals surface area contributed by atoms with Crippen molar-refractivity contribution in [1.82, 2.24) is 0 Å².